The van der Waals surface area contributed by atoms with E-state index in [9.17, 15) is 14.4 Å². The van der Waals surface area contributed by atoms with E-state index in [0.717, 1.165) is 17.3 Å². The summed E-state index contributed by atoms with van der Waals surface area (Å²) >= 11 is 1.10. The van der Waals surface area contributed by atoms with Gasteiger partial charge in [0.2, 0.25) is 5.91 Å². The number of methoxy groups -OCH3 is 2. The number of aromatic amines is 1. The first-order valence-electron chi connectivity index (χ1n) is 8.16. The molecule has 1 amide bonds. The lowest BCUT2D eigenvalue weighted by Crippen LogP contribution is -2.31. The number of hydrogen-bond donors (Lipinski definition) is 2. The van der Waals surface area contributed by atoms with Crippen molar-refractivity contribution in [3.05, 3.63) is 51.9 Å². The van der Waals surface area contributed by atoms with Crippen LogP contribution in [-0.4, -0.2) is 41.3 Å². The van der Waals surface area contributed by atoms with Crippen molar-refractivity contribution in [3.63, 3.8) is 0 Å². The molecule has 0 aliphatic rings. The van der Waals surface area contributed by atoms with Gasteiger partial charge >= 0.3 is 5.97 Å². The largest absolute Gasteiger partial charge is 0.496 e. The summed E-state index contributed by atoms with van der Waals surface area (Å²) < 4.78 is 9.83. The molecule has 0 spiro atoms. The topological polar surface area (TPSA) is 110 Å². The predicted molar refractivity (Wildman–Crippen MR) is 101 cm³/mol. The summed E-state index contributed by atoms with van der Waals surface area (Å²) in [6.45, 7) is 2.02. The average molecular weight is 391 g/mol. The zero-order chi connectivity index (χ0) is 19.8. The van der Waals surface area contributed by atoms with Crippen LogP contribution in [0.2, 0.25) is 0 Å². The van der Waals surface area contributed by atoms with Gasteiger partial charge in [0, 0.05) is 18.2 Å². The van der Waals surface area contributed by atoms with Crippen molar-refractivity contribution in [3.8, 4) is 5.75 Å². The van der Waals surface area contributed by atoms with Gasteiger partial charge in [-0.2, -0.15) is 0 Å². The van der Waals surface area contributed by atoms with Crippen molar-refractivity contribution in [2.75, 3.05) is 14.2 Å². The van der Waals surface area contributed by atoms with Gasteiger partial charge in [-0.1, -0.05) is 30.0 Å². The minimum Gasteiger partial charge on any atom is -0.496 e. The molecule has 0 aliphatic heterocycles. The first kappa shape index (κ1) is 20.5. The minimum absolute atomic E-state index is 0.109. The number of nitrogens with zero attached hydrogens (tertiary/aromatic N) is 1. The van der Waals surface area contributed by atoms with E-state index >= 15 is 0 Å². The summed E-state index contributed by atoms with van der Waals surface area (Å²) in [7, 11) is 2.84. The quantitative estimate of drug-likeness (QED) is 0.396. The highest BCUT2D eigenvalue weighted by atomic mass is 32.2. The second-order valence-corrected chi connectivity index (χ2v) is 6.91. The number of aromatic nitrogens is 2. The first-order chi connectivity index (χ1) is 12.9. The Morgan fingerprint density at radius 1 is 1.30 bits per heavy atom. The molecule has 0 saturated heterocycles. The molecule has 1 atom stereocenters. The van der Waals surface area contributed by atoms with Crippen molar-refractivity contribution in [1.82, 2.24) is 15.3 Å². The number of carbonyl (C=O) groups excluding carboxylic acids is 2. The van der Waals surface area contributed by atoms with Crippen LogP contribution in [0.5, 0.6) is 5.75 Å². The highest BCUT2D eigenvalue weighted by Crippen LogP contribution is 2.20. The number of hydrogen-bond acceptors (Lipinski definition) is 7. The summed E-state index contributed by atoms with van der Waals surface area (Å²) in [5, 5.41) is 2.59. The summed E-state index contributed by atoms with van der Waals surface area (Å²) in [6.07, 6.45) is -0.109. The molecule has 2 N–H and O–H groups in total. The van der Waals surface area contributed by atoms with Crippen LogP contribution >= 0.6 is 11.8 Å². The molecule has 0 unspecified atom stereocenters. The van der Waals surface area contributed by atoms with Crippen LogP contribution in [0.3, 0.4) is 0 Å². The predicted octanol–water partition coefficient (Wildman–Crippen LogP) is 1.29. The number of nitrogens with one attached hydrogen (secondary N) is 2. The Morgan fingerprint density at radius 2 is 2.04 bits per heavy atom. The van der Waals surface area contributed by atoms with Crippen molar-refractivity contribution in [2.45, 2.75) is 30.3 Å². The Kier molecular flexibility index (Phi) is 7.42. The van der Waals surface area contributed by atoms with Crippen LogP contribution < -0.4 is 15.6 Å². The molecule has 0 radical (unpaired) electrons. The maximum Gasteiger partial charge on any atom is 0.311 e. The maximum atomic E-state index is 12.3. The van der Waals surface area contributed by atoms with Gasteiger partial charge in [-0.05, 0) is 13.0 Å². The van der Waals surface area contributed by atoms with Crippen LogP contribution in [0.1, 0.15) is 18.2 Å². The molecule has 1 heterocycles. The second-order valence-electron chi connectivity index (χ2n) is 5.58. The third kappa shape index (κ3) is 6.14. The Hall–Kier alpha value is -2.81. The van der Waals surface area contributed by atoms with Gasteiger partial charge in [0.05, 0.1) is 31.6 Å². The van der Waals surface area contributed by atoms with Gasteiger partial charge in [0.25, 0.3) is 5.56 Å². The fourth-order valence-corrected chi connectivity index (χ4v) is 3.10. The highest BCUT2D eigenvalue weighted by molar-refractivity contribution is 8.00. The van der Waals surface area contributed by atoms with Crippen molar-refractivity contribution in [1.29, 1.82) is 0 Å². The van der Waals surface area contributed by atoms with Crippen LogP contribution in [0.25, 0.3) is 0 Å². The molecule has 1 aromatic carbocycles. The van der Waals surface area contributed by atoms with Crippen molar-refractivity contribution >= 4 is 23.6 Å². The fraction of sp³-hybridized carbons (Fsp3) is 0.333. The van der Waals surface area contributed by atoms with Gasteiger partial charge in [-0.15, -0.1) is 0 Å². The van der Waals surface area contributed by atoms with E-state index in [0.29, 0.717) is 12.3 Å². The van der Waals surface area contributed by atoms with E-state index in [1.807, 2.05) is 24.3 Å². The molecule has 27 heavy (non-hydrogen) atoms. The zero-order valence-corrected chi connectivity index (χ0v) is 16.1. The number of H-pyrrole nitrogens is 1. The van der Waals surface area contributed by atoms with Crippen molar-refractivity contribution in [2.24, 2.45) is 0 Å². The molecule has 2 rings (SSSR count). The van der Waals surface area contributed by atoms with Crippen LogP contribution in [0, 0.1) is 0 Å². The van der Waals surface area contributed by atoms with Crippen LogP contribution in [0.15, 0.2) is 40.3 Å². The third-order valence-corrected chi connectivity index (χ3v) is 4.61. The number of thioether (sulfide) groups is 1. The molecular formula is C18H21N3O5S. The molecule has 144 valence electrons. The van der Waals surface area contributed by atoms with E-state index in [4.69, 9.17) is 4.74 Å². The molecule has 0 fully saturated rings. The van der Waals surface area contributed by atoms with E-state index in [1.54, 1.807) is 14.0 Å². The Morgan fingerprint density at radius 3 is 2.74 bits per heavy atom. The van der Waals surface area contributed by atoms with Gasteiger partial charge in [-0.25, -0.2) is 4.98 Å². The molecule has 0 saturated carbocycles. The monoisotopic (exact) mass is 391 g/mol. The zero-order valence-electron chi connectivity index (χ0n) is 15.3. The van der Waals surface area contributed by atoms with Crippen LogP contribution in [0.4, 0.5) is 0 Å². The molecule has 8 nitrogen and oxygen atoms in total. The number of esters is 1. The third-order valence-electron chi connectivity index (χ3n) is 3.63. The van der Waals surface area contributed by atoms with E-state index < -0.39 is 16.8 Å². The SMILES string of the molecule is COC(=O)Cc1cc(=O)[nH]c(S[C@H](C)C(=O)NCc2ccccc2OC)n1. The number of carbonyl (C=O) groups is 2. The van der Waals surface area contributed by atoms with Gasteiger partial charge < -0.3 is 19.8 Å². The number of para-hydroxylation sites is 1. The van der Waals surface area contributed by atoms with E-state index in [2.05, 4.69) is 20.0 Å². The molecule has 2 aromatic rings. The van der Waals surface area contributed by atoms with E-state index in [-0.39, 0.29) is 23.2 Å². The lowest BCUT2D eigenvalue weighted by molar-refractivity contribution is -0.139. The van der Waals surface area contributed by atoms with Gasteiger partial charge in [0.1, 0.15) is 5.75 Å². The summed E-state index contributed by atoms with van der Waals surface area (Å²) in [6, 6.07) is 8.64. The standard InChI is InChI=1S/C18H21N3O5S/c1-11(17(24)19-10-12-6-4-5-7-14(12)25-2)27-18-20-13(8-15(22)21-18)9-16(23)26-3/h4-8,11H,9-10H2,1-3H3,(H,19,24)(H,20,21,22)/t11-/m1/s1. The molecule has 0 aliphatic carbocycles. The summed E-state index contributed by atoms with van der Waals surface area (Å²) in [5.74, 6) is -0.0156. The summed E-state index contributed by atoms with van der Waals surface area (Å²) in [5.41, 5.74) is 0.750. The molecule has 0 bridgehead atoms. The second kappa shape index (κ2) is 9.77. The number of ether oxygens (including phenoxy) is 2. The van der Waals surface area contributed by atoms with Crippen LogP contribution in [-0.2, 0) is 27.3 Å². The maximum absolute atomic E-state index is 12.3. The summed E-state index contributed by atoms with van der Waals surface area (Å²) in [4.78, 5) is 42.2. The molecule has 1 aromatic heterocycles. The smallest absolute Gasteiger partial charge is 0.311 e. The van der Waals surface area contributed by atoms with E-state index in [1.165, 1.54) is 13.2 Å². The molecular weight excluding hydrogens is 370 g/mol. The van der Waals surface area contributed by atoms with Crippen molar-refractivity contribution < 1.29 is 19.1 Å². The average Bonchev–Trinajstić information content (AvgIpc) is 2.65. The fourth-order valence-electron chi connectivity index (χ4n) is 2.25. The normalized spacial score (nSPS) is 11.5. The Bertz CT molecular complexity index is 868. The number of amides is 1. The first-order valence-corrected chi connectivity index (χ1v) is 9.04. The number of benzene rings is 1. The highest BCUT2D eigenvalue weighted by Gasteiger charge is 2.17. The Labute approximate surface area is 160 Å². The molecule has 9 heteroatoms. The van der Waals surface area contributed by atoms with Gasteiger partial charge in [-0.3, -0.25) is 14.4 Å². The van der Waals surface area contributed by atoms with Gasteiger partial charge in [0.15, 0.2) is 5.16 Å². The Balaban J connectivity index is 1.99. The minimum atomic E-state index is -0.503. The lowest BCUT2D eigenvalue weighted by atomic mass is 10.2. The lowest BCUT2D eigenvalue weighted by Gasteiger charge is -2.13. The number of rotatable bonds is 8.